The number of hydrogen-bond donors (Lipinski definition) is 1. The van der Waals surface area contributed by atoms with Crippen molar-refractivity contribution in [2.24, 2.45) is 0 Å². The van der Waals surface area contributed by atoms with Crippen LogP contribution in [0.2, 0.25) is 0 Å². The third kappa shape index (κ3) is 3.55. The second kappa shape index (κ2) is 5.70. The second-order valence-corrected chi connectivity index (χ2v) is 3.47. The Kier molecular flexibility index (Phi) is 4.46. The van der Waals surface area contributed by atoms with Gasteiger partial charge in [0.15, 0.2) is 0 Å². The maximum Gasteiger partial charge on any atom is 0.214 e. The molecule has 13 heavy (non-hydrogen) atoms. The fraction of sp³-hybridized carbons (Fsp3) is 0.444. The lowest BCUT2D eigenvalue weighted by atomic mass is 10.4. The van der Waals surface area contributed by atoms with Crippen LogP contribution in [-0.4, -0.2) is 30.6 Å². The number of nitrogens with zero attached hydrogens (tertiary/aromatic N) is 1. The Morgan fingerprint density at radius 1 is 1.54 bits per heavy atom. The normalized spacial score (nSPS) is 9.69. The Hall–Kier alpha value is -0.900. The molecule has 0 unspecified atom stereocenters. The summed E-state index contributed by atoms with van der Waals surface area (Å²) in [6, 6.07) is 5.69. The molecule has 1 aromatic heterocycles. The molecule has 1 aromatic rings. The van der Waals surface area contributed by atoms with E-state index in [1.165, 1.54) is 0 Å². The Bertz CT molecular complexity index is 255. The summed E-state index contributed by atoms with van der Waals surface area (Å²) in [5, 5.41) is 3.21. The molecule has 1 N–H and O–H groups in total. The number of nitrogens with one attached hydrogen (secondary N) is 1. The van der Waals surface area contributed by atoms with Gasteiger partial charge in [0.1, 0.15) is 5.82 Å². The Balaban J connectivity index is 2.46. The maximum atomic E-state index is 5.00. The number of thioether (sulfide) groups is 1. The van der Waals surface area contributed by atoms with Gasteiger partial charge < -0.3 is 10.1 Å². The van der Waals surface area contributed by atoms with Crippen molar-refractivity contribution in [3.05, 3.63) is 18.2 Å². The van der Waals surface area contributed by atoms with E-state index in [1.807, 2.05) is 30.0 Å². The summed E-state index contributed by atoms with van der Waals surface area (Å²) in [6.07, 6.45) is 2.08. The third-order valence-corrected chi connectivity index (χ3v) is 2.16. The Morgan fingerprint density at radius 2 is 2.38 bits per heavy atom. The monoisotopic (exact) mass is 198 g/mol. The molecule has 0 radical (unpaired) electrons. The van der Waals surface area contributed by atoms with Crippen LogP contribution in [0.15, 0.2) is 18.2 Å². The molecule has 0 aliphatic carbocycles. The molecule has 0 atom stereocenters. The van der Waals surface area contributed by atoms with Crippen molar-refractivity contribution < 1.29 is 4.74 Å². The van der Waals surface area contributed by atoms with Gasteiger partial charge in [0, 0.05) is 18.4 Å². The van der Waals surface area contributed by atoms with E-state index in [0.29, 0.717) is 5.88 Å². The van der Waals surface area contributed by atoms with Gasteiger partial charge in [-0.2, -0.15) is 16.7 Å². The molecule has 0 fully saturated rings. The largest absolute Gasteiger partial charge is 0.481 e. The first-order valence-corrected chi connectivity index (χ1v) is 5.50. The van der Waals surface area contributed by atoms with Crippen LogP contribution >= 0.6 is 11.8 Å². The van der Waals surface area contributed by atoms with Crippen LogP contribution < -0.4 is 10.1 Å². The van der Waals surface area contributed by atoms with E-state index < -0.39 is 0 Å². The lowest BCUT2D eigenvalue weighted by Gasteiger charge is -2.05. The van der Waals surface area contributed by atoms with Crippen molar-refractivity contribution >= 4 is 17.6 Å². The van der Waals surface area contributed by atoms with Gasteiger partial charge in [0.2, 0.25) is 5.88 Å². The molecule has 0 amide bonds. The molecule has 0 saturated carbocycles. The highest BCUT2D eigenvalue weighted by molar-refractivity contribution is 7.98. The lowest BCUT2D eigenvalue weighted by Crippen LogP contribution is -2.05. The summed E-state index contributed by atoms with van der Waals surface area (Å²) in [7, 11) is 1.62. The number of methoxy groups -OCH3 is 1. The summed E-state index contributed by atoms with van der Waals surface area (Å²) in [5.41, 5.74) is 0. The van der Waals surface area contributed by atoms with E-state index in [2.05, 4.69) is 16.6 Å². The van der Waals surface area contributed by atoms with Gasteiger partial charge in [0.05, 0.1) is 7.11 Å². The molecular weight excluding hydrogens is 184 g/mol. The second-order valence-electron chi connectivity index (χ2n) is 2.48. The number of hydrogen-bond acceptors (Lipinski definition) is 4. The van der Waals surface area contributed by atoms with Crippen molar-refractivity contribution in [1.29, 1.82) is 0 Å². The van der Waals surface area contributed by atoms with Crippen LogP contribution in [0.5, 0.6) is 5.88 Å². The molecule has 3 nitrogen and oxygen atoms in total. The highest BCUT2D eigenvalue weighted by atomic mass is 32.2. The van der Waals surface area contributed by atoms with Crippen LogP contribution in [0.3, 0.4) is 0 Å². The standard InChI is InChI=1S/C9H14N2OS/c1-12-9-5-3-4-8(11-9)10-6-7-13-2/h3-5H,6-7H2,1-2H3,(H,10,11). The zero-order chi connectivity index (χ0) is 9.52. The minimum atomic E-state index is 0.647. The SMILES string of the molecule is COc1cccc(NCCSC)n1. The minimum Gasteiger partial charge on any atom is -0.481 e. The predicted octanol–water partition coefficient (Wildman–Crippen LogP) is 1.87. The summed E-state index contributed by atoms with van der Waals surface area (Å²) < 4.78 is 5.00. The third-order valence-electron chi connectivity index (χ3n) is 1.54. The molecule has 0 aliphatic rings. The molecule has 4 heteroatoms. The highest BCUT2D eigenvalue weighted by Crippen LogP contribution is 2.10. The quantitative estimate of drug-likeness (QED) is 0.732. The van der Waals surface area contributed by atoms with E-state index in [9.17, 15) is 0 Å². The van der Waals surface area contributed by atoms with Crippen molar-refractivity contribution in [3.8, 4) is 5.88 Å². The molecule has 0 saturated heterocycles. The predicted molar refractivity (Wildman–Crippen MR) is 57.7 cm³/mol. The molecule has 0 aliphatic heterocycles. The van der Waals surface area contributed by atoms with Crippen LogP contribution in [0.25, 0.3) is 0 Å². The smallest absolute Gasteiger partial charge is 0.214 e. The lowest BCUT2D eigenvalue weighted by molar-refractivity contribution is 0.398. The summed E-state index contributed by atoms with van der Waals surface area (Å²) in [5.74, 6) is 2.60. The van der Waals surface area contributed by atoms with Crippen molar-refractivity contribution in [2.75, 3.05) is 31.0 Å². The van der Waals surface area contributed by atoms with E-state index in [-0.39, 0.29) is 0 Å². The number of aromatic nitrogens is 1. The van der Waals surface area contributed by atoms with Gasteiger partial charge in [-0.1, -0.05) is 6.07 Å². The van der Waals surface area contributed by atoms with Gasteiger partial charge in [0.25, 0.3) is 0 Å². The van der Waals surface area contributed by atoms with Crippen LogP contribution in [0.4, 0.5) is 5.82 Å². The molecule has 0 spiro atoms. The van der Waals surface area contributed by atoms with Crippen LogP contribution in [0, 0.1) is 0 Å². The van der Waals surface area contributed by atoms with Crippen molar-refractivity contribution in [2.45, 2.75) is 0 Å². The minimum absolute atomic E-state index is 0.647. The maximum absolute atomic E-state index is 5.00. The van der Waals surface area contributed by atoms with Gasteiger partial charge in [-0.25, -0.2) is 0 Å². The van der Waals surface area contributed by atoms with Crippen molar-refractivity contribution in [1.82, 2.24) is 4.98 Å². The summed E-state index contributed by atoms with van der Waals surface area (Å²) >= 11 is 1.81. The molecule has 1 heterocycles. The summed E-state index contributed by atoms with van der Waals surface area (Å²) in [6.45, 7) is 0.932. The van der Waals surface area contributed by atoms with Gasteiger partial charge >= 0.3 is 0 Å². The van der Waals surface area contributed by atoms with Crippen molar-refractivity contribution in [3.63, 3.8) is 0 Å². The molecule has 1 rings (SSSR count). The first kappa shape index (κ1) is 10.2. The number of ether oxygens (including phenoxy) is 1. The first-order chi connectivity index (χ1) is 6.36. The number of pyridine rings is 1. The fourth-order valence-corrected chi connectivity index (χ4v) is 1.21. The van der Waals surface area contributed by atoms with E-state index in [0.717, 1.165) is 18.1 Å². The molecule has 72 valence electrons. The Morgan fingerprint density at radius 3 is 3.08 bits per heavy atom. The van der Waals surface area contributed by atoms with E-state index in [4.69, 9.17) is 4.74 Å². The average molecular weight is 198 g/mol. The number of anilines is 1. The van der Waals surface area contributed by atoms with Gasteiger partial charge in [-0.15, -0.1) is 0 Å². The zero-order valence-electron chi connectivity index (χ0n) is 7.91. The molecule has 0 aromatic carbocycles. The van der Waals surface area contributed by atoms with E-state index in [1.54, 1.807) is 7.11 Å². The fourth-order valence-electron chi connectivity index (χ4n) is 0.908. The molecular formula is C9H14N2OS. The van der Waals surface area contributed by atoms with Gasteiger partial charge in [-0.05, 0) is 12.3 Å². The van der Waals surface area contributed by atoms with Gasteiger partial charge in [-0.3, -0.25) is 0 Å². The first-order valence-electron chi connectivity index (χ1n) is 4.10. The van der Waals surface area contributed by atoms with E-state index >= 15 is 0 Å². The Labute approximate surface area is 82.9 Å². The zero-order valence-corrected chi connectivity index (χ0v) is 8.73. The van der Waals surface area contributed by atoms with Crippen LogP contribution in [-0.2, 0) is 0 Å². The van der Waals surface area contributed by atoms with Crippen LogP contribution in [0.1, 0.15) is 0 Å². The molecule has 0 bridgehead atoms. The topological polar surface area (TPSA) is 34.1 Å². The average Bonchev–Trinajstić information content (AvgIpc) is 2.19. The highest BCUT2D eigenvalue weighted by Gasteiger charge is 1.94. The summed E-state index contributed by atoms with van der Waals surface area (Å²) in [4.78, 5) is 4.22. The number of rotatable bonds is 5.